The Kier molecular flexibility index (Phi) is 4.25. The Balaban J connectivity index is 1.67. The summed E-state index contributed by atoms with van der Waals surface area (Å²) in [5.41, 5.74) is 3.39. The fourth-order valence-electron chi connectivity index (χ4n) is 2.43. The number of hydrogen-bond donors (Lipinski definition) is 0. The van der Waals surface area contributed by atoms with Gasteiger partial charge in [-0.2, -0.15) is 0 Å². The summed E-state index contributed by atoms with van der Waals surface area (Å²) in [5, 5.41) is 0.842. The first-order valence-corrected chi connectivity index (χ1v) is 8.02. The molecule has 1 aliphatic heterocycles. The van der Waals surface area contributed by atoms with Crippen LogP contribution in [-0.4, -0.2) is 17.5 Å². The van der Waals surface area contributed by atoms with Crippen molar-refractivity contribution in [1.29, 1.82) is 0 Å². The van der Waals surface area contributed by atoms with Crippen LogP contribution in [0, 0.1) is 0 Å². The van der Waals surface area contributed by atoms with Crippen LogP contribution < -0.4 is 0 Å². The van der Waals surface area contributed by atoms with E-state index in [1.54, 1.807) is 4.90 Å². The molecule has 0 saturated carbocycles. The summed E-state index contributed by atoms with van der Waals surface area (Å²) >= 11 is 3.43. The molecule has 3 nitrogen and oxygen atoms in total. The molecular formula is C17H16BrNO2. The average molecular weight is 346 g/mol. The van der Waals surface area contributed by atoms with Crippen LogP contribution >= 0.6 is 15.9 Å². The van der Waals surface area contributed by atoms with E-state index in [4.69, 9.17) is 4.74 Å². The van der Waals surface area contributed by atoms with Crippen molar-refractivity contribution in [3.63, 3.8) is 0 Å². The summed E-state index contributed by atoms with van der Waals surface area (Å²) in [4.78, 5) is 13.7. The number of benzene rings is 2. The lowest BCUT2D eigenvalue weighted by atomic mass is 10.1. The summed E-state index contributed by atoms with van der Waals surface area (Å²) in [6.45, 7) is 1.19. The zero-order chi connectivity index (χ0) is 14.7. The van der Waals surface area contributed by atoms with Gasteiger partial charge in [0.15, 0.2) is 0 Å². The molecule has 1 heterocycles. The van der Waals surface area contributed by atoms with Crippen molar-refractivity contribution in [1.82, 2.24) is 4.90 Å². The molecule has 0 N–H and O–H groups in total. The van der Waals surface area contributed by atoms with Gasteiger partial charge in [0.25, 0.3) is 0 Å². The lowest BCUT2D eigenvalue weighted by molar-refractivity contribution is 0.132. The number of ether oxygens (including phenoxy) is 1. The van der Waals surface area contributed by atoms with E-state index in [1.807, 2.05) is 30.3 Å². The summed E-state index contributed by atoms with van der Waals surface area (Å²) in [6.07, 6.45) is -0.408. The Bertz CT molecular complexity index is 612. The maximum absolute atomic E-state index is 12.0. The van der Waals surface area contributed by atoms with E-state index in [2.05, 4.69) is 40.2 Å². The molecule has 4 heteroatoms. The van der Waals surface area contributed by atoms with E-state index < -0.39 is 0 Å². The molecule has 0 bridgehead atoms. The van der Waals surface area contributed by atoms with Crippen LogP contribution in [-0.2, 0) is 16.6 Å². The van der Waals surface area contributed by atoms with Crippen LogP contribution in [0.2, 0.25) is 0 Å². The van der Waals surface area contributed by atoms with Crippen LogP contribution in [0.5, 0.6) is 0 Å². The minimum atomic E-state index is -0.242. The number of carbonyl (C=O) groups excluding carboxylic acids is 1. The van der Waals surface area contributed by atoms with E-state index in [-0.39, 0.29) is 12.2 Å². The summed E-state index contributed by atoms with van der Waals surface area (Å²) in [6, 6.07) is 18.1. The van der Waals surface area contributed by atoms with Crippen LogP contribution in [0.3, 0.4) is 0 Å². The number of halogens is 1. The van der Waals surface area contributed by atoms with Crippen molar-refractivity contribution < 1.29 is 9.53 Å². The van der Waals surface area contributed by atoms with Crippen molar-refractivity contribution >= 4 is 22.0 Å². The molecule has 0 aromatic heterocycles. The Morgan fingerprint density at radius 3 is 2.38 bits per heavy atom. The fraction of sp³-hybridized carbons (Fsp3) is 0.235. The lowest BCUT2D eigenvalue weighted by Crippen LogP contribution is -2.23. The van der Waals surface area contributed by atoms with Gasteiger partial charge in [0, 0.05) is 11.9 Å². The zero-order valence-electron chi connectivity index (χ0n) is 11.5. The van der Waals surface area contributed by atoms with Crippen molar-refractivity contribution in [2.24, 2.45) is 0 Å². The smallest absolute Gasteiger partial charge is 0.410 e. The Labute approximate surface area is 132 Å². The molecule has 21 heavy (non-hydrogen) atoms. The van der Waals surface area contributed by atoms with Gasteiger partial charge in [-0.05, 0) is 16.7 Å². The summed E-state index contributed by atoms with van der Waals surface area (Å²) < 4.78 is 5.46. The monoisotopic (exact) mass is 345 g/mol. The molecular weight excluding hydrogens is 330 g/mol. The molecule has 1 saturated heterocycles. The predicted molar refractivity (Wildman–Crippen MR) is 85.1 cm³/mol. The van der Waals surface area contributed by atoms with Crippen molar-refractivity contribution in [3.05, 3.63) is 71.3 Å². The molecule has 1 fully saturated rings. The minimum Gasteiger partial charge on any atom is -0.439 e. The molecule has 108 valence electrons. The number of alkyl halides is 1. The molecule has 1 amide bonds. The Morgan fingerprint density at radius 1 is 1.05 bits per heavy atom. The van der Waals surface area contributed by atoms with E-state index in [0.717, 1.165) is 16.5 Å². The number of hydrogen-bond acceptors (Lipinski definition) is 2. The number of rotatable bonds is 4. The highest BCUT2D eigenvalue weighted by Gasteiger charge is 2.31. The van der Waals surface area contributed by atoms with Gasteiger partial charge in [0.05, 0.1) is 6.54 Å². The average Bonchev–Trinajstić information content (AvgIpc) is 2.90. The fourth-order valence-corrected chi connectivity index (χ4v) is 2.81. The maximum atomic E-state index is 12.0. The molecule has 1 atom stereocenters. The number of cyclic esters (lactones) is 1. The van der Waals surface area contributed by atoms with Crippen molar-refractivity contribution in [3.8, 4) is 0 Å². The third kappa shape index (κ3) is 3.27. The first-order valence-electron chi connectivity index (χ1n) is 6.90. The van der Waals surface area contributed by atoms with Crippen LogP contribution in [0.25, 0.3) is 0 Å². The van der Waals surface area contributed by atoms with Crippen LogP contribution in [0.1, 0.15) is 22.8 Å². The number of nitrogens with zero attached hydrogens (tertiary/aromatic N) is 1. The molecule has 3 rings (SSSR count). The van der Waals surface area contributed by atoms with Gasteiger partial charge in [-0.3, -0.25) is 4.90 Å². The first-order chi connectivity index (χ1) is 10.3. The van der Waals surface area contributed by atoms with Gasteiger partial charge in [0.2, 0.25) is 0 Å². The molecule has 2 aromatic rings. The molecule has 0 radical (unpaired) electrons. The normalized spacial score (nSPS) is 17.9. The van der Waals surface area contributed by atoms with Crippen LogP contribution in [0.4, 0.5) is 4.79 Å². The minimum absolute atomic E-state index is 0.166. The third-order valence-corrected chi connectivity index (χ3v) is 4.26. The highest BCUT2D eigenvalue weighted by Crippen LogP contribution is 2.27. The van der Waals surface area contributed by atoms with Gasteiger partial charge in [-0.25, -0.2) is 4.79 Å². The van der Waals surface area contributed by atoms with Gasteiger partial charge in [-0.15, -0.1) is 0 Å². The van der Waals surface area contributed by atoms with E-state index in [9.17, 15) is 4.79 Å². The lowest BCUT2D eigenvalue weighted by Gasteiger charge is -2.13. The first kappa shape index (κ1) is 14.1. The predicted octanol–water partition coefficient (Wildman–Crippen LogP) is 4.28. The summed E-state index contributed by atoms with van der Waals surface area (Å²) in [5.74, 6) is 0. The largest absolute Gasteiger partial charge is 0.439 e. The van der Waals surface area contributed by atoms with Gasteiger partial charge in [0.1, 0.15) is 6.10 Å². The van der Waals surface area contributed by atoms with E-state index in [1.165, 1.54) is 5.56 Å². The van der Waals surface area contributed by atoms with Gasteiger partial charge >= 0.3 is 6.09 Å². The second-order valence-electron chi connectivity index (χ2n) is 5.11. The molecule has 2 aromatic carbocycles. The molecule has 1 unspecified atom stereocenters. The van der Waals surface area contributed by atoms with E-state index in [0.29, 0.717) is 13.1 Å². The van der Waals surface area contributed by atoms with Gasteiger partial charge in [-0.1, -0.05) is 70.5 Å². The number of amides is 1. The topological polar surface area (TPSA) is 29.5 Å². The zero-order valence-corrected chi connectivity index (χ0v) is 13.1. The summed E-state index contributed by atoms with van der Waals surface area (Å²) in [7, 11) is 0. The van der Waals surface area contributed by atoms with Crippen LogP contribution in [0.15, 0.2) is 54.6 Å². The Morgan fingerprint density at radius 2 is 1.71 bits per heavy atom. The van der Waals surface area contributed by atoms with Crippen molar-refractivity contribution in [2.75, 3.05) is 6.54 Å². The highest BCUT2D eigenvalue weighted by atomic mass is 79.9. The molecule has 1 aliphatic rings. The third-order valence-electron chi connectivity index (χ3n) is 3.61. The maximum Gasteiger partial charge on any atom is 0.410 e. The SMILES string of the molecule is O=C1OC(c2ccccc2)CN1Cc1ccc(CBr)cc1. The second kappa shape index (κ2) is 6.31. The molecule has 0 spiro atoms. The highest BCUT2D eigenvalue weighted by molar-refractivity contribution is 9.08. The molecule has 0 aliphatic carbocycles. The quantitative estimate of drug-likeness (QED) is 0.774. The Hall–Kier alpha value is -1.81. The van der Waals surface area contributed by atoms with E-state index >= 15 is 0 Å². The standard InChI is InChI=1S/C17H16BrNO2/c18-10-13-6-8-14(9-7-13)11-19-12-16(21-17(19)20)15-4-2-1-3-5-15/h1-9,16H,10-12H2. The number of carbonyl (C=O) groups is 1. The van der Waals surface area contributed by atoms with Gasteiger partial charge < -0.3 is 4.74 Å². The van der Waals surface area contributed by atoms with Crippen molar-refractivity contribution in [2.45, 2.75) is 18.0 Å². The second-order valence-corrected chi connectivity index (χ2v) is 5.67.